The van der Waals surface area contributed by atoms with Gasteiger partial charge in [0.05, 0.1) is 12.7 Å². The molecular weight excluding hydrogens is 430 g/mol. The fourth-order valence-corrected chi connectivity index (χ4v) is 3.48. The zero-order valence-electron chi connectivity index (χ0n) is 16.7. The number of nitrogens with zero attached hydrogens (tertiary/aromatic N) is 3. The van der Waals surface area contributed by atoms with E-state index in [0.717, 1.165) is 10.9 Å². The number of hydrogen-bond acceptors (Lipinski definition) is 5. The summed E-state index contributed by atoms with van der Waals surface area (Å²) < 4.78 is 59.8. The number of aliphatic hydroxyl groups is 1. The fraction of sp³-hybridized carbons (Fsp3) is 0.227. The molecule has 6 nitrogen and oxygen atoms in total. The van der Waals surface area contributed by atoms with Crippen molar-refractivity contribution >= 4 is 11.0 Å². The Morgan fingerprint density at radius 1 is 1.12 bits per heavy atom. The molecule has 166 valence electrons. The first-order valence-electron chi connectivity index (χ1n) is 9.63. The predicted octanol–water partition coefficient (Wildman–Crippen LogP) is 4.40. The molecule has 2 heterocycles. The van der Waals surface area contributed by atoms with Crippen LogP contribution < -0.4 is 5.63 Å². The summed E-state index contributed by atoms with van der Waals surface area (Å²) in [5.74, 6) is -0.451. The van der Waals surface area contributed by atoms with Crippen molar-refractivity contribution in [3.05, 3.63) is 82.2 Å². The fourth-order valence-electron chi connectivity index (χ4n) is 3.48. The van der Waals surface area contributed by atoms with Crippen LogP contribution >= 0.6 is 0 Å². The van der Waals surface area contributed by atoms with Crippen molar-refractivity contribution in [3.63, 3.8) is 0 Å². The maximum absolute atomic E-state index is 13.6. The molecule has 10 heteroatoms. The van der Waals surface area contributed by atoms with E-state index in [9.17, 15) is 27.5 Å². The van der Waals surface area contributed by atoms with Gasteiger partial charge in [-0.2, -0.15) is 13.2 Å². The molecule has 2 aromatic heterocycles. The molecule has 0 bridgehead atoms. The lowest BCUT2D eigenvalue weighted by Gasteiger charge is -2.26. The Balaban J connectivity index is 1.69. The van der Waals surface area contributed by atoms with E-state index in [4.69, 9.17) is 4.42 Å². The van der Waals surface area contributed by atoms with Gasteiger partial charge in [-0.15, -0.1) is 5.10 Å². The largest absolute Gasteiger partial charge is 0.423 e. The van der Waals surface area contributed by atoms with E-state index < -0.39 is 35.3 Å². The molecule has 1 N–H and O–H groups in total. The molecule has 4 aromatic rings. The second-order valence-corrected chi connectivity index (χ2v) is 7.33. The molecule has 0 saturated heterocycles. The van der Waals surface area contributed by atoms with E-state index in [0.29, 0.717) is 22.1 Å². The summed E-state index contributed by atoms with van der Waals surface area (Å²) in [5.41, 5.74) is -2.54. The Morgan fingerprint density at radius 3 is 2.59 bits per heavy atom. The van der Waals surface area contributed by atoms with Crippen molar-refractivity contribution in [2.45, 2.75) is 31.7 Å². The molecular formula is C22H17F4N3O3. The summed E-state index contributed by atoms with van der Waals surface area (Å²) in [6, 6.07) is 12.0. The highest BCUT2D eigenvalue weighted by Crippen LogP contribution is 2.40. The smallest absolute Gasteiger partial charge is 0.423 e. The van der Waals surface area contributed by atoms with Crippen LogP contribution in [-0.4, -0.2) is 26.3 Å². The van der Waals surface area contributed by atoms with Gasteiger partial charge in [0, 0.05) is 11.5 Å². The Bertz CT molecular complexity index is 1350. The van der Waals surface area contributed by atoms with Crippen molar-refractivity contribution in [1.82, 2.24) is 15.0 Å². The van der Waals surface area contributed by atoms with Crippen molar-refractivity contribution in [3.8, 4) is 11.1 Å². The minimum atomic E-state index is -4.90. The SMILES string of the molecule is CCC(O)(c1cn(Cc2ccc3c(-c4cccc(F)c4)cc(=O)oc3c2)nn1)C(F)(F)F. The van der Waals surface area contributed by atoms with Gasteiger partial charge >= 0.3 is 11.8 Å². The molecule has 4 rings (SSSR count). The summed E-state index contributed by atoms with van der Waals surface area (Å²) in [7, 11) is 0. The van der Waals surface area contributed by atoms with Gasteiger partial charge in [-0.05, 0) is 41.3 Å². The number of fused-ring (bicyclic) bond motifs is 1. The van der Waals surface area contributed by atoms with Crippen LogP contribution in [0.1, 0.15) is 24.6 Å². The second-order valence-electron chi connectivity index (χ2n) is 7.33. The highest BCUT2D eigenvalue weighted by atomic mass is 19.4. The van der Waals surface area contributed by atoms with Crippen LogP contribution in [0.3, 0.4) is 0 Å². The topological polar surface area (TPSA) is 81.2 Å². The summed E-state index contributed by atoms with van der Waals surface area (Å²) in [4.78, 5) is 12.1. The molecule has 32 heavy (non-hydrogen) atoms. The van der Waals surface area contributed by atoms with E-state index in [1.807, 2.05) is 0 Å². The molecule has 0 spiro atoms. The normalized spacial score (nSPS) is 13.9. The Labute approximate surface area is 178 Å². The molecule has 0 fully saturated rings. The predicted molar refractivity (Wildman–Crippen MR) is 107 cm³/mol. The van der Waals surface area contributed by atoms with E-state index >= 15 is 0 Å². The Kier molecular flexibility index (Phi) is 5.33. The highest BCUT2D eigenvalue weighted by Gasteiger charge is 2.55. The molecule has 2 aromatic carbocycles. The molecule has 0 saturated carbocycles. The first kappa shape index (κ1) is 21.7. The minimum Gasteiger partial charge on any atom is -0.423 e. The number of alkyl halides is 3. The van der Waals surface area contributed by atoms with Gasteiger partial charge in [0.2, 0.25) is 5.60 Å². The van der Waals surface area contributed by atoms with Crippen LogP contribution in [0.25, 0.3) is 22.1 Å². The molecule has 1 atom stereocenters. The first-order valence-corrected chi connectivity index (χ1v) is 9.63. The average Bonchev–Trinajstić information content (AvgIpc) is 3.20. The standard InChI is InChI=1S/C22H17F4N3O3/c1-2-21(31,22(24,25)26)19-12-29(28-27-19)11-13-6-7-16-17(10-20(30)32-18(16)8-13)14-4-3-5-15(23)9-14/h3-10,12,31H,2,11H2,1H3. The summed E-state index contributed by atoms with van der Waals surface area (Å²) >= 11 is 0. The molecule has 0 radical (unpaired) electrons. The van der Waals surface area contributed by atoms with Crippen molar-refractivity contribution in [1.29, 1.82) is 0 Å². The zero-order valence-corrected chi connectivity index (χ0v) is 16.7. The highest BCUT2D eigenvalue weighted by molar-refractivity contribution is 5.93. The summed E-state index contributed by atoms with van der Waals surface area (Å²) in [5, 5.41) is 17.8. The van der Waals surface area contributed by atoms with Gasteiger partial charge in [-0.1, -0.05) is 36.4 Å². The maximum atomic E-state index is 13.6. The number of halogens is 4. The van der Waals surface area contributed by atoms with Gasteiger partial charge in [0.1, 0.15) is 17.1 Å². The summed E-state index contributed by atoms with van der Waals surface area (Å²) in [6.45, 7) is 1.22. The van der Waals surface area contributed by atoms with Crippen LogP contribution in [0, 0.1) is 5.82 Å². The van der Waals surface area contributed by atoms with Gasteiger partial charge in [-0.3, -0.25) is 0 Å². The van der Waals surface area contributed by atoms with Crippen LogP contribution in [0.2, 0.25) is 0 Å². The van der Waals surface area contributed by atoms with E-state index in [-0.39, 0.29) is 12.1 Å². The average molecular weight is 447 g/mol. The van der Waals surface area contributed by atoms with Crippen molar-refractivity contribution in [2.24, 2.45) is 0 Å². The van der Waals surface area contributed by atoms with E-state index in [1.54, 1.807) is 24.3 Å². The lowest BCUT2D eigenvalue weighted by Crippen LogP contribution is -2.42. The lowest BCUT2D eigenvalue weighted by molar-refractivity contribution is -0.269. The van der Waals surface area contributed by atoms with Crippen molar-refractivity contribution in [2.75, 3.05) is 0 Å². The number of hydrogen-bond donors (Lipinski definition) is 1. The number of rotatable bonds is 5. The first-order chi connectivity index (χ1) is 15.1. The third kappa shape index (κ3) is 3.89. The molecule has 0 amide bonds. The van der Waals surface area contributed by atoms with Crippen LogP contribution in [0.15, 0.2) is 63.9 Å². The summed E-state index contributed by atoms with van der Waals surface area (Å²) in [6.07, 6.45) is -4.48. The Hall–Kier alpha value is -3.53. The second kappa shape index (κ2) is 7.86. The lowest BCUT2D eigenvalue weighted by atomic mass is 9.96. The van der Waals surface area contributed by atoms with Gasteiger partial charge in [0.15, 0.2) is 0 Å². The molecule has 0 aliphatic heterocycles. The van der Waals surface area contributed by atoms with Crippen molar-refractivity contribution < 1.29 is 27.1 Å². The number of aromatic nitrogens is 3. The Morgan fingerprint density at radius 2 is 1.91 bits per heavy atom. The maximum Gasteiger partial charge on any atom is 0.423 e. The number of benzene rings is 2. The van der Waals surface area contributed by atoms with E-state index in [1.165, 1.54) is 31.2 Å². The van der Waals surface area contributed by atoms with Crippen LogP contribution in [-0.2, 0) is 12.1 Å². The third-order valence-corrected chi connectivity index (χ3v) is 5.23. The third-order valence-electron chi connectivity index (χ3n) is 5.23. The van der Waals surface area contributed by atoms with Gasteiger partial charge in [-0.25, -0.2) is 13.9 Å². The quantitative estimate of drug-likeness (QED) is 0.362. The van der Waals surface area contributed by atoms with Crippen LogP contribution in [0.5, 0.6) is 0 Å². The van der Waals surface area contributed by atoms with Gasteiger partial charge in [0.25, 0.3) is 0 Å². The molecule has 0 aliphatic carbocycles. The van der Waals surface area contributed by atoms with Gasteiger partial charge < -0.3 is 9.52 Å². The molecule has 0 aliphatic rings. The monoisotopic (exact) mass is 447 g/mol. The molecule has 1 unspecified atom stereocenters. The zero-order chi connectivity index (χ0) is 23.1. The van der Waals surface area contributed by atoms with E-state index in [2.05, 4.69) is 10.3 Å². The minimum absolute atomic E-state index is 0.0223. The van der Waals surface area contributed by atoms with Crippen LogP contribution in [0.4, 0.5) is 17.6 Å².